The molecule has 1 aliphatic heterocycles. The van der Waals surface area contributed by atoms with E-state index in [1.165, 1.54) is 45.4 Å². The highest BCUT2D eigenvalue weighted by molar-refractivity contribution is 14.1. The number of nitrogens with zero attached hydrogens (tertiary/aromatic N) is 2. The van der Waals surface area contributed by atoms with Crippen molar-refractivity contribution in [2.24, 2.45) is 15.9 Å². The Morgan fingerprint density at radius 3 is 2.91 bits per heavy atom. The number of para-hydroxylation sites is 1. The van der Waals surface area contributed by atoms with E-state index in [9.17, 15) is 0 Å². The average Bonchev–Trinajstić information content (AvgIpc) is 2.58. The molecule has 0 aromatic heterocycles. The number of rotatable bonds is 2. The molecule has 116 valence electrons. The summed E-state index contributed by atoms with van der Waals surface area (Å²) in [5.74, 6) is 0.432. The van der Waals surface area contributed by atoms with Crippen molar-refractivity contribution in [3.8, 4) is 0 Å². The second-order valence-electron chi connectivity index (χ2n) is 6.25. The summed E-state index contributed by atoms with van der Waals surface area (Å²) in [6, 6.07) is 17.1. The van der Waals surface area contributed by atoms with Gasteiger partial charge in [0, 0.05) is 20.8 Å². The molecular weight excluding hydrogens is 395 g/mol. The first-order valence-corrected chi connectivity index (χ1v) is 9.35. The highest BCUT2D eigenvalue weighted by Gasteiger charge is 2.30. The Kier molecular flexibility index (Phi) is 4.29. The molecule has 0 N–H and O–H groups in total. The van der Waals surface area contributed by atoms with Crippen molar-refractivity contribution in [1.82, 2.24) is 0 Å². The molecular formula is C20H19IN2. The Morgan fingerprint density at radius 1 is 1.09 bits per heavy atom. The fourth-order valence-electron chi connectivity index (χ4n) is 3.56. The zero-order valence-corrected chi connectivity index (χ0v) is 15.2. The average molecular weight is 414 g/mol. The topological polar surface area (TPSA) is 24.7 Å². The SMILES string of the molecule is Ic1cccc(CN=C2c3ccccc3N=C3CCCCC32)c1. The summed E-state index contributed by atoms with van der Waals surface area (Å²) in [5, 5.41) is 0. The van der Waals surface area contributed by atoms with Gasteiger partial charge >= 0.3 is 0 Å². The Labute approximate surface area is 150 Å². The van der Waals surface area contributed by atoms with Gasteiger partial charge in [-0.2, -0.15) is 0 Å². The summed E-state index contributed by atoms with van der Waals surface area (Å²) in [6.07, 6.45) is 4.87. The van der Waals surface area contributed by atoms with Gasteiger partial charge in [-0.15, -0.1) is 0 Å². The number of hydrogen-bond donors (Lipinski definition) is 0. The maximum atomic E-state index is 5.05. The lowest BCUT2D eigenvalue weighted by molar-refractivity contribution is 0.609. The molecule has 0 radical (unpaired) electrons. The van der Waals surface area contributed by atoms with Gasteiger partial charge in [-0.1, -0.05) is 36.8 Å². The fourth-order valence-corrected chi connectivity index (χ4v) is 4.17. The first-order chi connectivity index (χ1) is 11.3. The van der Waals surface area contributed by atoms with E-state index in [0.29, 0.717) is 5.92 Å². The summed E-state index contributed by atoms with van der Waals surface area (Å²) in [6.45, 7) is 0.754. The van der Waals surface area contributed by atoms with Gasteiger partial charge in [-0.05, 0) is 65.6 Å². The zero-order valence-electron chi connectivity index (χ0n) is 13.0. The first kappa shape index (κ1) is 15.1. The van der Waals surface area contributed by atoms with Crippen LogP contribution in [0.2, 0.25) is 0 Å². The molecule has 4 rings (SSSR count). The van der Waals surface area contributed by atoms with E-state index < -0.39 is 0 Å². The van der Waals surface area contributed by atoms with Crippen LogP contribution in [0.3, 0.4) is 0 Å². The van der Waals surface area contributed by atoms with Crippen LogP contribution in [0.25, 0.3) is 0 Å². The van der Waals surface area contributed by atoms with E-state index in [2.05, 4.69) is 71.1 Å². The molecule has 2 nitrogen and oxygen atoms in total. The van der Waals surface area contributed by atoms with Gasteiger partial charge in [0.25, 0.3) is 0 Å². The molecule has 1 aliphatic carbocycles. The molecule has 0 saturated heterocycles. The van der Waals surface area contributed by atoms with Crippen LogP contribution in [-0.2, 0) is 6.54 Å². The smallest absolute Gasteiger partial charge is 0.0720 e. The molecule has 0 amide bonds. The van der Waals surface area contributed by atoms with Crippen molar-refractivity contribution in [2.75, 3.05) is 0 Å². The summed E-state index contributed by atoms with van der Waals surface area (Å²) < 4.78 is 1.27. The lowest BCUT2D eigenvalue weighted by Crippen LogP contribution is -2.31. The Bertz CT molecular complexity index is 792. The van der Waals surface area contributed by atoms with E-state index in [4.69, 9.17) is 9.98 Å². The van der Waals surface area contributed by atoms with Crippen molar-refractivity contribution < 1.29 is 0 Å². The van der Waals surface area contributed by atoms with Crippen LogP contribution in [0.15, 0.2) is 58.5 Å². The van der Waals surface area contributed by atoms with Crippen LogP contribution in [0, 0.1) is 9.49 Å². The Hall–Kier alpha value is -1.49. The van der Waals surface area contributed by atoms with Gasteiger partial charge in [0.1, 0.15) is 0 Å². The highest BCUT2D eigenvalue weighted by Crippen LogP contribution is 2.35. The van der Waals surface area contributed by atoms with Gasteiger partial charge in [0.2, 0.25) is 0 Å². The minimum absolute atomic E-state index is 0.432. The molecule has 1 unspecified atom stereocenters. The highest BCUT2D eigenvalue weighted by atomic mass is 127. The van der Waals surface area contributed by atoms with Crippen LogP contribution < -0.4 is 0 Å². The van der Waals surface area contributed by atoms with Crippen molar-refractivity contribution >= 4 is 39.7 Å². The minimum atomic E-state index is 0.432. The molecule has 2 aliphatic rings. The number of benzene rings is 2. The van der Waals surface area contributed by atoms with Gasteiger partial charge in [0.05, 0.1) is 17.9 Å². The van der Waals surface area contributed by atoms with Crippen LogP contribution in [0.1, 0.15) is 36.8 Å². The number of fused-ring (bicyclic) bond motifs is 2. The Balaban J connectivity index is 1.73. The van der Waals surface area contributed by atoms with E-state index in [0.717, 1.165) is 18.7 Å². The summed E-state index contributed by atoms with van der Waals surface area (Å²) in [5.41, 5.74) is 6.21. The molecule has 1 saturated carbocycles. The van der Waals surface area contributed by atoms with Crippen molar-refractivity contribution in [1.29, 1.82) is 0 Å². The van der Waals surface area contributed by atoms with Gasteiger partial charge in [-0.3, -0.25) is 9.98 Å². The molecule has 2 aromatic rings. The maximum absolute atomic E-state index is 5.05. The van der Waals surface area contributed by atoms with Crippen molar-refractivity contribution in [3.05, 3.63) is 63.2 Å². The van der Waals surface area contributed by atoms with E-state index in [-0.39, 0.29) is 0 Å². The second-order valence-corrected chi connectivity index (χ2v) is 7.50. The third-order valence-corrected chi connectivity index (χ3v) is 5.34. The predicted octanol–water partition coefficient (Wildman–Crippen LogP) is 5.56. The first-order valence-electron chi connectivity index (χ1n) is 8.27. The third-order valence-electron chi connectivity index (χ3n) is 4.67. The lowest BCUT2D eigenvalue weighted by atomic mass is 9.79. The van der Waals surface area contributed by atoms with Crippen LogP contribution >= 0.6 is 22.6 Å². The summed E-state index contributed by atoms with van der Waals surface area (Å²) in [4.78, 5) is 9.97. The zero-order chi connectivity index (χ0) is 15.6. The van der Waals surface area contributed by atoms with Crippen LogP contribution in [0.5, 0.6) is 0 Å². The molecule has 1 fully saturated rings. The molecule has 3 heteroatoms. The second kappa shape index (κ2) is 6.56. The normalized spacial score (nSPS) is 21.5. The van der Waals surface area contributed by atoms with E-state index in [1.54, 1.807) is 0 Å². The fraction of sp³-hybridized carbons (Fsp3) is 0.300. The monoisotopic (exact) mass is 414 g/mol. The lowest BCUT2D eigenvalue weighted by Gasteiger charge is -2.30. The third kappa shape index (κ3) is 3.11. The molecule has 0 spiro atoms. The molecule has 1 atom stereocenters. The largest absolute Gasteiger partial charge is 0.284 e. The molecule has 1 heterocycles. The van der Waals surface area contributed by atoms with E-state index >= 15 is 0 Å². The summed E-state index contributed by atoms with van der Waals surface area (Å²) >= 11 is 2.36. The van der Waals surface area contributed by atoms with Crippen molar-refractivity contribution in [3.63, 3.8) is 0 Å². The molecule has 2 aromatic carbocycles. The minimum Gasteiger partial charge on any atom is -0.284 e. The molecule has 23 heavy (non-hydrogen) atoms. The maximum Gasteiger partial charge on any atom is 0.0720 e. The van der Waals surface area contributed by atoms with E-state index in [1.807, 2.05) is 0 Å². The predicted molar refractivity (Wildman–Crippen MR) is 105 cm³/mol. The van der Waals surface area contributed by atoms with Gasteiger partial charge in [-0.25, -0.2) is 0 Å². The molecule has 0 bridgehead atoms. The number of aliphatic imine (C=N–C) groups is 2. The number of hydrogen-bond acceptors (Lipinski definition) is 2. The summed E-state index contributed by atoms with van der Waals surface area (Å²) in [7, 11) is 0. The van der Waals surface area contributed by atoms with Crippen LogP contribution in [-0.4, -0.2) is 11.4 Å². The van der Waals surface area contributed by atoms with Gasteiger partial charge in [0.15, 0.2) is 0 Å². The number of halogens is 1. The Morgan fingerprint density at radius 2 is 2.00 bits per heavy atom. The van der Waals surface area contributed by atoms with Gasteiger partial charge < -0.3 is 0 Å². The van der Waals surface area contributed by atoms with Crippen molar-refractivity contribution in [2.45, 2.75) is 32.2 Å². The quantitative estimate of drug-likeness (QED) is 0.576. The van der Waals surface area contributed by atoms with Crippen LogP contribution in [0.4, 0.5) is 5.69 Å². The standard InChI is InChI=1S/C20H19IN2/c21-15-7-5-6-14(12-15)13-22-20-16-8-1-3-10-18(16)23-19-11-4-2-9-17(19)20/h1,3,5-8,10,12,17H,2,4,9,11,13H2.